The van der Waals surface area contributed by atoms with Gasteiger partial charge in [-0.25, -0.2) is 0 Å². The molecule has 1 heterocycles. The first-order valence-corrected chi connectivity index (χ1v) is 5.10. The lowest BCUT2D eigenvalue weighted by atomic mass is 9.77. The highest BCUT2D eigenvalue weighted by Crippen LogP contribution is 2.39. The number of carbonyl (C=O) groups is 1. The van der Waals surface area contributed by atoms with Gasteiger partial charge in [0.1, 0.15) is 0 Å². The van der Waals surface area contributed by atoms with Gasteiger partial charge in [0.15, 0.2) is 0 Å². The highest BCUT2D eigenvalue weighted by molar-refractivity contribution is 5.96. The zero-order chi connectivity index (χ0) is 11.2. The smallest absolute Gasteiger partial charge is 0.225 e. The van der Waals surface area contributed by atoms with E-state index in [-0.39, 0.29) is 11.3 Å². The molecule has 0 fully saturated rings. The van der Waals surface area contributed by atoms with Gasteiger partial charge in [0.05, 0.1) is 0 Å². The predicted molar refractivity (Wildman–Crippen MR) is 61.9 cm³/mol. The van der Waals surface area contributed by atoms with Gasteiger partial charge in [-0.1, -0.05) is 13.8 Å². The molecule has 1 aromatic rings. The van der Waals surface area contributed by atoms with Crippen molar-refractivity contribution in [2.24, 2.45) is 0 Å². The van der Waals surface area contributed by atoms with Crippen molar-refractivity contribution in [3.63, 3.8) is 0 Å². The predicted octanol–water partition coefficient (Wildman–Crippen LogP) is 2.20. The van der Waals surface area contributed by atoms with E-state index in [4.69, 9.17) is 5.73 Å². The minimum absolute atomic E-state index is 0.0837. The normalized spacial score (nSPS) is 18.2. The number of amides is 1. The van der Waals surface area contributed by atoms with E-state index in [1.807, 2.05) is 19.1 Å². The van der Waals surface area contributed by atoms with Crippen LogP contribution in [-0.2, 0) is 10.2 Å². The maximum absolute atomic E-state index is 11.5. The van der Waals surface area contributed by atoms with Gasteiger partial charge in [-0.05, 0) is 30.2 Å². The van der Waals surface area contributed by atoms with Crippen LogP contribution in [0.2, 0.25) is 0 Å². The fourth-order valence-corrected chi connectivity index (χ4v) is 2.19. The zero-order valence-electron chi connectivity index (χ0n) is 9.35. The Morgan fingerprint density at radius 2 is 2.07 bits per heavy atom. The molecule has 1 amide bonds. The number of nitrogens with one attached hydrogen (secondary N) is 1. The van der Waals surface area contributed by atoms with Gasteiger partial charge >= 0.3 is 0 Å². The van der Waals surface area contributed by atoms with E-state index in [9.17, 15) is 4.79 Å². The van der Waals surface area contributed by atoms with Crippen LogP contribution in [0, 0.1) is 6.92 Å². The summed E-state index contributed by atoms with van der Waals surface area (Å²) in [6, 6.07) is 3.85. The van der Waals surface area contributed by atoms with Gasteiger partial charge in [0.2, 0.25) is 5.91 Å². The second-order valence-electron chi connectivity index (χ2n) is 4.87. The van der Waals surface area contributed by atoms with Crippen molar-refractivity contribution < 1.29 is 4.79 Å². The number of nitrogen functional groups attached to an aromatic ring is 1. The summed E-state index contributed by atoms with van der Waals surface area (Å²) >= 11 is 0. The fourth-order valence-electron chi connectivity index (χ4n) is 2.19. The van der Waals surface area contributed by atoms with Crippen LogP contribution in [0.4, 0.5) is 11.4 Å². The molecule has 0 aliphatic carbocycles. The van der Waals surface area contributed by atoms with Gasteiger partial charge < -0.3 is 11.1 Å². The Bertz CT molecular complexity index is 435. The molecule has 1 aliphatic heterocycles. The van der Waals surface area contributed by atoms with Crippen LogP contribution in [-0.4, -0.2) is 5.91 Å². The van der Waals surface area contributed by atoms with Gasteiger partial charge in [-0.3, -0.25) is 4.79 Å². The fraction of sp³-hybridized carbons (Fsp3) is 0.417. The van der Waals surface area contributed by atoms with Crippen LogP contribution in [0.15, 0.2) is 12.1 Å². The van der Waals surface area contributed by atoms with E-state index in [0.717, 1.165) is 22.5 Å². The molecular formula is C12H16N2O. The van der Waals surface area contributed by atoms with E-state index >= 15 is 0 Å². The Morgan fingerprint density at radius 3 is 2.73 bits per heavy atom. The molecule has 0 atom stereocenters. The molecule has 0 aromatic heterocycles. The molecule has 15 heavy (non-hydrogen) atoms. The summed E-state index contributed by atoms with van der Waals surface area (Å²) in [5.74, 6) is 0.0837. The first-order chi connectivity index (χ1) is 6.90. The third kappa shape index (κ3) is 1.58. The number of anilines is 2. The van der Waals surface area contributed by atoms with Crippen LogP contribution in [0.3, 0.4) is 0 Å². The van der Waals surface area contributed by atoms with E-state index in [0.29, 0.717) is 6.42 Å². The van der Waals surface area contributed by atoms with Gasteiger partial charge in [-0.2, -0.15) is 0 Å². The highest BCUT2D eigenvalue weighted by Gasteiger charge is 2.32. The average Bonchev–Trinajstić information content (AvgIpc) is 2.06. The van der Waals surface area contributed by atoms with Crippen molar-refractivity contribution in [3.8, 4) is 0 Å². The molecule has 2 rings (SSSR count). The minimum atomic E-state index is -0.127. The highest BCUT2D eigenvalue weighted by atomic mass is 16.1. The Hall–Kier alpha value is -1.51. The number of rotatable bonds is 0. The van der Waals surface area contributed by atoms with E-state index in [2.05, 4.69) is 19.2 Å². The molecule has 0 radical (unpaired) electrons. The lowest BCUT2D eigenvalue weighted by molar-refractivity contribution is -0.117. The monoisotopic (exact) mass is 204 g/mol. The molecule has 0 bridgehead atoms. The molecule has 80 valence electrons. The standard InChI is InChI=1S/C12H16N2O/c1-7-4-8(13)5-9-11(7)14-10(15)6-12(9,2)3/h4-5H,6,13H2,1-3H3,(H,14,15). The van der Waals surface area contributed by atoms with Crippen LogP contribution >= 0.6 is 0 Å². The van der Waals surface area contributed by atoms with Crippen molar-refractivity contribution in [1.29, 1.82) is 0 Å². The number of hydrogen-bond donors (Lipinski definition) is 2. The van der Waals surface area contributed by atoms with E-state index < -0.39 is 0 Å². The minimum Gasteiger partial charge on any atom is -0.399 e. The maximum atomic E-state index is 11.5. The summed E-state index contributed by atoms with van der Waals surface area (Å²) in [6.07, 6.45) is 0.517. The lowest BCUT2D eigenvalue weighted by Gasteiger charge is -2.33. The van der Waals surface area contributed by atoms with Gasteiger partial charge in [0, 0.05) is 23.2 Å². The third-order valence-electron chi connectivity index (χ3n) is 2.95. The topological polar surface area (TPSA) is 55.1 Å². The van der Waals surface area contributed by atoms with Gasteiger partial charge in [0.25, 0.3) is 0 Å². The Morgan fingerprint density at radius 1 is 1.40 bits per heavy atom. The first kappa shape index (κ1) is 10.0. The summed E-state index contributed by atoms with van der Waals surface area (Å²) < 4.78 is 0. The maximum Gasteiger partial charge on any atom is 0.225 e. The quantitative estimate of drug-likeness (QED) is 0.636. The number of carbonyl (C=O) groups excluding carboxylic acids is 1. The molecule has 3 nitrogen and oxygen atoms in total. The molecule has 1 aliphatic rings. The molecule has 1 aromatic carbocycles. The van der Waals surface area contributed by atoms with Crippen LogP contribution in [0.5, 0.6) is 0 Å². The average molecular weight is 204 g/mol. The van der Waals surface area contributed by atoms with Crippen molar-refractivity contribution in [1.82, 2.24) is 0 Å². The van der Waals surface area contributed by atoms with Crippen molar-refractivity contribution in [2.75, 3.05) is 11.1 Å². The SMILES string of the molecule is Cc1cc(N)cc2c1NC(=O)CC2(C)C. The van der Waals surface area contributed by atoms with Crippen molar-refractivity contribution in [2.45, 2.75) is 32.6 Å². The van der Waals surface area contributed by atoms with Crippen LogP contribution in [0.1, 0.15) is 31.4 Å². The number of benzene rings is 1. The second-order valence-corrected chi connectivity index (χ2v) is 4.87. The molecule has 0 unspecified atom stereocenters. The van der Waals surface area contributed by atoms with E-state index in [1.165, 1.54) is 0 Å². The number of hydrogen-bond acceptors (Lipinski definition) is 2. The van der Waals surface area contributed by atoms with Crippen LogP contribution in [0.25, 0.3) is 0 Å². The number of aryl methyl sites for hydroxylation is 1. The lowest BCUT2D eigenvalue weighted by Crippen LogP contribution is -2.33. The number of nitrogens with two attached hydrogens (primary N) is 1. The summed E-state index contributed by atoms with van der Waals surface area (Å²) in [6.45, 7) is 6.11. The second kappa shape index (κ2) is 2.99. The van der Waals surface area contributed by atoms with E-state index in [1.54, 1.807) is 0 Å². The largest absolute Gasteiger partial charge is 0.399 e. The molecule has 0 saturated carbocycles. The van der Waals surface area contributed by atoms with Crippen molar-refractivity contribution >= 4 is 17.3 Å². The molecular weight excluding hydrogens is 188 g/mol. The van der Waals surface area contributed by atoms with Crippen LogP contribution < -0.4 is 11.1 Å². The zero-order valence-corrected chi connectivity index (χ0v) is 9.35. The third-order valence-corrected chi connectivity index (χ3v) is 2.95. The summed E-state index contributed by atoms with van der Waals surface area (Å²) in [5, 5.41) is 2.92. The Kier molecular flexibility index (Phi) is 2.00. The molecule has 3 heteroatoms. The van der Waals surface area contributed by atoms with Crippen molar-refractivity contribution in [3.05, 3.63) is 23.3 Å². The van der Waals surface area contributed by atoms with Gasteiger partial charge in [-0.15, -0.1) is 0 Å². The Labute approximate surface area is 89.7 Å². The Balaban J connectivity index is 2.67. The summed E-state index contributed by atoms with van der Waals surface area (Å²) in [4.78, 5) is 11.5. The summed E-state index contributed by atoms with van der Waals surface area (Å²) in [5.41, 5.74) is 9.57. The first-order valence-electron chi connectivity index (χ1n) is 5.10. The number of fused-ring (bicyclic) bond motifs is 1. The molecule has 3 N–H and O–H groups in total. The molecule has 0 spiro atoms. The molecule has 0 saturated heterocycles. The summed E-state index contributed by atoms with van der Waals surface area (Å²) in [7, 11) is 0.